The average molecular weight is 335 g/mol. The van der Waals surface area contributed by atoms with Crippen molar-refractivity contribution in [2.45, 2.75) is 37.6 Å². The number of rotatable bonds is 7. The van der Waals surface area contributed by atoms with Crippen LogP contribution in [0.2, 0.25) is 0 Å². The van der Waals surface area contributed by atoms with Gasteiger partial charge in [-0.1, -0.05) is 0 Å². The number of aryl methyl sites for hydroxylation is 2. The van der Waals surface area contributed by atoms with Crippen LogP contribution < -0.4 is 4.72 Å². The van der Waals surface area contributed by atoms with Crippen LogP contribution in [0.15, 0.2) is 11.0 Å². The SMILES string of the molecule is COC(=O)CC[C@@H](NS(=O)(=O)c1cc(C)sc1C)C(=O)O. The normalized spacial score (nSPS) is 12.9. The summed E-state index contributed by atoms with van der Waals surface area (Å²) in [5.74, 6) is -1.94. The Balaban J connectivity index is 2.90. The van der Waals surface area contributed by atoms with Crippen LogP contribution in [0.3, 0.4) is 0 Å². The van der Waals surface area contributed by atoms with Crippen molar-refractivity contribution < 1.29 is 27.9 Å². The van der Waals surface area contributed by atoms with Crippen molar-refractivity contribution in [1.29, 1.82) is 0 Å². The molecule has 0 bridgehead atoms. The molecule has 0 amide bonds. The molecule has 1 aromatic rings. The zero-order valence-corrected chi connectivity index (χ0v) is 13.5. The number of thiophene rings is 1. The topological polar surface area (TPSA) is 110 Å². The molecular weight excluding hydrogens is 318 g/mol. The second-order valence-corrected chi connectivity index (χ2v) is 7.55. The number of ether oxygens (including phenoxy) is 1. The number of carboxylic acid groups (broad SMARTS) is 1. The molecule has 118 valence electrons. The first kappa shape index (κ1) is 17.6. The maximum atomic E-state index is 12.2. The number of hydrogen-bond acceptors (Lipinski definition) is 6. The molecule has 0 aliphatic carbocycles. The van der Waals surface area contributed by atoms with E-state index >= 15 is 0 Å². The molecule has 1 aromatic heterocycles. The van der Waals surface area contributed by atoms with E-state index in [4.69, 9.17) is 5.11 Å². The van der Waals surface area contributed by atoms with Crippen LogP contribution in [-0.4, -0.2) is 38.6 Å². The van der Waals surface area contributed by atoms with Crippen molar-refractivity contribution >= 4 is 33.3 Å². The minimum absolute atomic E-state index is 0.0642. The van der Waals surface area contributed by atoms with Gasteiger partial charge >= 0.3 is 11.9 Å². The fourth-order valence-electron chi connectivity index (χ4n) is 1.72. The Hall–Kier alpha value is -1.45. The molecule has 0 saturated heterocycles. The molecule has 0 spiro atoms. The molecule has 7 nitrogen and oxygen atoms in total. The fraction of sp³-hybridized carbons (Fsp3) is 0.500. The third kappa shape index (κ3) is 4.80. The third-order valence-electron chi connectivity index (χ3n) is 2.75. The number of carbonyl (C=O) groups excluding carboxylic acids is 1. The van der Waals surface area contributed by atoms with Crippen molar-refractivity contribution in [2.75, 3.05) is 7.11 Å². The largest absolute Gasteiger partial charge is 0.480 e. The highest BCUT2D eigenvalue weighted by Crippen LogP contribution is 2.25. The average Bonchev–Trinajstić information content (AvgIpc) is 2.73. The van der Waals surface area contributed by atoms with Crippen molar-refractivity contribution in [3.63, 3.8) is 0 Å². The molecule has 1 atom stereocenters. The van der Waals surface area contributed by atoms with Crippen LogP contribution >= 0.6 is 11.3 Å². The highest BCUT2D eigenvalue weighted by atomic mass is 32.2. The maximum absolute atomic E-state index is 12.2. The molecule has 21 heavy (non-hydrogen) atoms. The Bertz CT molecular complexity index is 634. The van der Waals surface area contributed by atoms with Gasteiger partial charge < -0.3 is 9.84 Å². The van der Waals surface area contributed by atoms with Gasteiger partial charge in [0.15, 0.2) is 0 Å². The maximum Gasteiger partial charge on any atom is 0.321 e. The van der Waals surface area contributed by atoms with Crippen molar-refractivity contribution in [2.24, 2.45) is 0 Å². The van der Waals surface area contributed by atoms with E-state index in [0.717, 1.165) is 4.88 Å². The lowest BCUT2D eigenvalue weighted by atomic mass is 10.2. The summed E-state index contributed by atoms with van der Waals surface area (Å²) in [6.45, 7) is 3.42. The first-order valence-electron chi connectivity index (χ1n) is 6.06. The Labute approximate surface area is 127 Å². The van der Waals surface area contributed by atoms with Gasteiger partial charge in [0.2, 0.25) is 10.0 Å². The molecule has 9 heteroatoms. The summed E-state index contributed by atoms with van der Waals surface area (Å²) in [4.78, 5) is 23.6. The fourth-order valence-corrected chi connectivity index (χ4v) is 4.50. The summed E-state index contributed by atoms with van der Waals surface area (Å²) >= 11 is 1.31. The van der Waals surface area contributed by atoms with Gasteiger partial charge in [-0.25, -0.2) is 8.42 Å². The second kappa shape index (κ2) is 7.01. The molecule has 0 aliphatic rings. The highest BCUT2D eigenvalue weighted by molar-refractivity contribution is 7.89. The third-order valence-corrected chi connectivity index (χ3v) is 5.44. The van der Waals surface area contributed by atoms with Crippen molar-refractivity contribution in [3.8, 4) is 0 Å². The summed E-state index contributed by atoms with van der Waals surface area (Å²) in [5, 5.41) is 9.07. The Morgan fingerprint density at radius 1 is 1.43 bits per heavy atom. The summed E-state index contributed by atoms with van der Waals surface area (Å²) in [6.07, 6.45) is -0.360. The van der Waals surface area contributed by atoms with Gasteiger partial charge in [-0.2, -0.15) is 4.72 Å². The van der Waals surface area contributed by atoms with Crippen LogP contribution in [0.1, 0.15) is 22.6 Å². The number of esters is 1. The zero-order chi connectivity index (χ0) is 16.2. The van der Waals surface area contributed by atoms with E-state index in [-0.39, 0.29) is 17.7 Å². The Morgan fingerprint density at radius 3 is 2.48 bits per heavy atom. The van der Waals surface area contributed by atoms with Crippen LogP contribution in [0.4, 0.5) is 0 Å². The lowest BCUT2D eigenvalue weighted by Gasteiger charge is -2.14. The summed E-state index contributed by atoms with van der Waals surface area (Å²) in [6, 6.07) is 0.107. The van der Waals surface area contributed by atoms with E-state index < -0.39 is 28.0 Å². The van der Waals surface area contributed by atoms with Crippen LogP contribution in [0.5, 0.6) is 0 Å². The summed E-state index contributed by atoms with van der Waals surface area (Å²) in [5.41, 5.74) is 0. The molecule has 0 fully saturated rings. The number of hydrogen-bond donors (Lipinski definition) is 2. The Morgan fingerprint density at radius 2 is 2.05 bits per heavy atom. The molecule has 1 rings (SSSR count). The van der Waals surface area contributed by atoms with Gasteiger partial charge in [0.25, 0.3) is 0 Å². The lowest BCUT2D eigenvalue weighted by Crippen LogP contribution is -2.41. The van der Waals surface area contributed by atoms with E-state index in [1.165, 1.54) is 24.5 Å². The molecule has 2 N–H and O–H groups in total. The minimum atomic E-state index is -3.94. The van der Waals surface area contributed by atoms with Crippen LogP contribution in [0, 0.1) is 13.8 Å². The standard InChI is InChI=1S/C12H17NO6S2/c1-7-6-10(8(2)20-7)21(17,18)13-9(12(15)16)4-5-11(14)19-3/h6,9,13H,4-5H2,1-3H3,(H,15,16)/t9-/m1/s1. The van der Waals surface area contributed by atoms with Gasteiger partial charge in [-0.05, 0) is 26.3 Å². The van der Waals surface area contributed by atoms with Gasteiger partial charge in [0.05, 0.1) is 12.0 Å². The van der Waals surface area contributed by atoms with E-state index in [9.17, 15) is 18.0 Å². The molecule has 0 aliphatic heterocycles. The minimum Gasteiger partial charge on any atom is -0.480 e. The van der Waals surface area contributed by atoms with E-state index in [2.05, 4.69) is 9.46 Å². The van der Waals surface area contributed by atoms with E-state index in [1.807, 2.05) is 0 Å². The van der Waals surface area contributed by atoms with Gasteiger partial charge in [0, 0.05) is 16.2 Å². The van der Waals surface area contributed by atoms with Crippen LogP contribution in [-0.2, 0) is 24.3 Å². The number of carboxylic acids is 1. The monoisotopic (exact) mass is 335 g/mol. The number of methoxy groups -OCH3 is 1. The lowest BCUT2D eigenvalue weighted by molar-refractivity contribution is -0.142. The summed E-state index contributed by atoms with van der Waals surface area (Å²) in [7, 11) is -2.76. The summed E-state index contributed by atoms with van der Waals surface area (Å²) < 4.78 is 30.9. The first-order chi connectivity index (χ1) is 9.67. The van der Waals surface area contributed by atoms with Gasteiger partial charge in [-0.3, -0.25) is 9.59 Å². The number of sulfonamides is 1. The van der Waals surface area contributed by atoms with E-state index in [1.54, 1.807) is 13.8 Å². The van der Waals surface area contributed by atoms with Gasteiger partial charge in [0.1, 0.15) is 6.04 Å². The predicted octanol–water partition coefficient (Wildman–Crippen LogP) is 1.05. The molecule has 0 unspecified atom stereocenters. The molecule has 0 aromatic carbocycles. The molecule has 0 radical (unpaired) electrons. The first-order valence-corrected chi connectivity index (χ1v) is 8.36. The van der Waals surface area contributed by atoms with Crippen molar-refractivity contribution in [1.82, 2.24) is 4.72 Å². The van der Waals surface area contributed by atoms with Crippen LogP contribution in [0.25, 0.3) is 0 Å². The highest BCUT2D eigenvalue weighted by Gasteiger charge is 2.27. The zero-order valence-electron chi connectivity index (χ0n) is 11.9. The molecule has 1 heterocycles. The smallest absolute Gasteiger partial charge is 0.321 e. The Kier molecular flexibility index (Phi) is 5.87. The second-order valence-electron chi connectivity index (χ2n) is 4.40. The molecule has 0 saturated carbocycles. The van der Waals surface area contributed by atoms with E-state index in [0.29, 0.717) is 4.88 Å². The number of carbonyl (C=O) groups is 2. The quantitative estimate of drug-likeness (QED) is 0.721. The number of aliphatic carboxylic acids is 1. The van der Waals surface area contributed by atoms with Gasteiger partial charge in [-0.15, -0.1) is 11.3 Å². The predicted molar refractivity (Wildman–Crippen MR) is 76.8 cm³/mol. The molecular formula is C12H17NO6S2. The number of nitrogens with one attached hydrogen (secondary N) is 1. The van der Waals surface area contributed by atoms with Crippen molar-refractivity contribution in [3.05, 3.63) is 15.8 Å².